The fraction of sp³-hybridized carbons (Fsp3) is 0.192. The summed E-state index contributed by atoms with van der Waals surface area (Å²) in [6, 6.07) is 20.0. The second kappa shape index (κ2) is 10.4. The molecule has 1 N–H and O–H groups in total. The topological polar surface area (TPSA) is 106 Å². The molecule has 0 saturated carbocycles. The highest BCUT2D eigenvalue weighted by molar-refractivity contribution is 6.04. The van der Waals surface area contributed by atoms with Crippen molar-refractivity contribution in [1.82, 2.24) is 14.8 Å². The van der Waals surface area contributed by atoms with Gasteiger partial charge in [-0.2, -0.15) is 4.98 Å². The highest BCUT2D eigenvalue weighted by Gasteiger charge is 2.19. The number of carbonyl (C=O) groups is 1. The summed E-state index contributed by atoms with van der Waals surface area (Å²) in [6.45, 7) is 0.908. The molecule has 0 atom stereocenters. The van der Waals surface area contributed by atoms with Gasteiger partial charge in [-0.3, -0.25) is 4.79 Å². The second-order valence-electron chi connectivity index (χ2n) is 7.77. The molecule has 1 aliphatic heterocycles. The van der Waals surface area contributed by atoms with Gasteiger partial charge < -0.3 is 29.0 Å². The van der Waals surface area contributed by atoms with Crippen LogP contribution >= 0.6 is 0 Å². The number of hydrogen-bond acceptors (Lipinski definition) is 8. The van der Waals surface area contributed by atoms with Crippen LogP contribution < -0.4 is 24.3 Å². The second-order valence-corrected chi connectivity index (χ2v) is 7.77. The maximum atomic E-state index is 12.7. The predicted octanol–water partition coefficient (Wildman–Crippen LogP) is 3.95. The molecular formula is C26H24N4O6. The Morgan fingerprint density at radius 3 is 2.64 bits per heavy atom. The number of hydrogen-bond donors (Lipinski definition) is 1. The van der Waals surface area contributed by atoms with Gasteiger partial charge in [-0.1, -0.05) is 6.07 Å². The standard InChI is InChI=1S/C26H24N4O6/c1-32-12-13-34-26-28-24(17-6-11-22-23(15-17)36-16-35-22)30(29-26)20-9-7-19(8-10-20)27-25(31)18-4-3-5-21(14-18)33-2/h3-11,14-15H,12-13,16H2,1-2H3,(H,27,31). The molecule has 36 heavy (non-hydrogen) atoms. The number of nitrogens with one attached hydrogen (secondary N) is 1. The molecule has 1 amide bonds. The molecule has 184 valence electrons. The van der Waals surface area contributed by atoms with E-state index in [1.54, 1.807) is 55.3 Å². The Bertz CT molecular complexity index is 1370. The highest BCUT2D eigenvalue weighted by Crippen LogP contribution is 2.36. The summed E-state index contributed by atoms with van der Waals surface area (Å²) in [5.74, 6) is 2.26. The van der Waals surface area contributed by atoms with E-state index >= 15 is 0 Å². The smallest absolute Gasteiger partial charge is 0.336 e. The van der Waals surface area contributed by atoms with E-state index in [0.717, 1.165) is 11.3 Å². The molecule has 0 bridgehead atoms. The van der Waals surface area contributed by atoms with Crippen LogP contribution in [0, 0.1) is 0 Å². The third kappa shape index (κ3) is 4.93. The van der Waals surface area contributed by atoms with E-state index in [0.29, 0.717) is 47.5 Å². The van der Waals surface area contributed by atoms with Gasteiger partial charge in [0.25, 0.3) is 5.91 Å². The zero-order valence-corrected chi connectivity index (χ0v) is 19.8. The first-order valence-corrected chi connectivity index (χ1v) is 11.2. The van der Waals surface area contributed by atoms with Gasteiger partial charge in [0.05, 0.1) is 19.4 Å². The molecule has 1 aromatic heterocycles. The molecule has 4 aromatic rings. The van der Waals surface area contributed by atoms with Crippen LogP contribution in [0.15, 0.2) is 66.7 Å². The number of amides is 1. The number of benzene rings is 3. The zero-order valence-electron chi connectivity index (χ0n) is 19.8. The number of ether oxygens (including phenoxy) is 5. The van der Waals surface area contributed by atoms with Crippen LogP contribution in [0.25, 0.3) is 17.1 Å². The normalized spacial score (nSPS) is 11.8. The SMILES string of the molecule is COCCOc1nc(-c2ccc3c(c2)OCO3)n(-c2ccc(NC(=O)c3cccc(OC)c3)cc2)n1. The van der Waals surface area contributed by atoms with Gasteiger partial charge >= 0.3 is 6.01 Å². The largest absolute Gasteiger partial charge is 0.497 e. The molecule has 0 unspecified atom stereocenters. The van der Waals surface area contributed by atoms with Crippen LogP contribution in [0.1, 0.15) is 10.4 Å². The van der Waals surface area contributed by atoms with E-state index in [2.05, 4.69) is 15.4 Å². The molecule has 0 spiro atoms. The van der Waals surface area contributed by atoms with Crippen molar-refractivity contribution >= 4 is 11.6 Å². The minimum absolute atomic E-state index is 0.180. The molecule has 5 rings (SSSR count). The molecule has 10 nitrogen and oxygen atoms in total. The fourth-order valence-electron chi connectivity index (χ4n) is 3.63. The minimum atomic E-state index is -0.239. The summed E-state index contributed by atoms with van der Waals surface area (Å²) in [6.07, 6.45) is 0. The van der Waals surface area contributed by atoms with Gasteiger partial charge in [-0.25, -0.2) is 4.68 Å². The summed E-state index contributed by atoms with van der Waals surface area (Å²) < 4.78 is 28.5. The maximum Gasteiger partial charge on any atom is 0.336 e. The first-order chi connectivity index (χ1) is 17.6. The maximum absolute atomic E-state index is 12.7. The monoisotopic (exact) mass is 488 g/mol. The number of methoxy groups -OCH3 is 2. The van der Waals surface area contributed by atoms with E-state index < -0.39 is 0 Å². The van der Waals surface area contributed by atoms with Crippen molar-refractivity contribution in [2.75, 3.05) is 39.5 Å². The van der Waals surface area contributed by atoms with Gasteiger partial charge in [-0.15, -0.1) is 5.10 Å². The molecule has 2 heterocycles. The molecule has 0 fully saturated rings. The molecule has 0 radical (unpaired) electrons. The molecule has 3 aromatic carbocycles. The van der Waals surface area contributed by atoms with Crippen LogP contribution in [0.5, 0.6) is 23.3 Å². The Labute approximate surface area is 207 Å². The summed E-state index contributed by atoms with van der Waals surface area (Å²) in [5, 5.41) is 7.43. The minimum Gasteiger partial charge on any atom is -0.497 e. The van der Waals surface area contributed by atoms with Gasteiger partial charge in [0.2, 0.25) is 6.79 Å². The van der Waals surface area contributed by atoms with E-state index in [1.165, 1.54) is 0 Å². The quantitative estimate of drug-likeness (QED) is 0.353. The van der Waals surface area contributed by atoms with Crippen molar-refractivity contribution < 1.29 is 28.5 Å². The highest BCUT2D eigenvalue weighted by atomic mass is 16.7. The van der Waals surface area contributed by atoms with Crippen LogP contribution in [0.3, 0.4) is 0 Å². The lowest BCUT2D eigenvalue weighted by molar-refractivity contribution is 0.102. The van der Waals surface area contributed by atoms with Crippen molar-refractivity contribution in [3.05, 3.63) is 72.3 Å². The third-order valence-electron chi connectivity index (χ3n) is 5.44. The Morgan fingerprint density at radius 1 is 1.00 bits per heavy atom. The molecule has 10 heteroatoms. The molecule has 0 saturated heterocycles. The first kappa shape index (κ1) is 23.2. The Balaban J connectivity index is 1.41. The molecule has 1 aliphatic rings. The van der Waals surface area contributed by atoms with Crippen LogP contribution in [-0.4, -0.2) is 54.9 Å². The van der Waals surface area contributed by atoms with Gasteiger partial charge in [0.15, 0.2) is 17.3 Å². The van der Waals surface area contributed by atoms with Crippen molar-refractivity contribution in [2.45, 2.75) is 0 Å². The lowest BCUT2D eigenvalue weighted by Crippen LogP contribution is -2.12. The number of fused-ring (bicyclic) bond motifs is 1. The number of nitrogens with zero attached hydrogens (tertiary/aromatic N) is 3. The van der Waals surface area contributed by atoms with Gasteiger partial charge in [-0.05, 0) is 60.7 Å². The van der Waals surface area contributed by atoms with Crippen molar-refractivity contribution in [1.29, 1.82) is 0 Å². The van der Waals surface area contributed by atoms with Crippen LogP contribution in [0.4, 0.5) is 5.69 Å². The first-order valence-electron chi connectivity index (χ1n) is 11.2. The fourth-order valence-corrected chi connectivity index (χ4v) is 3.63. The van der Waals surface area contributed by atoms with E-state index in [-0.39, 0.29) is 18.7 Å². The Hall–Kier alpha value is -4.57. The predicted molar refractivity (Wildman–Crippen MR) is 131 cm³/mol. The average Bonchev–Trinajstić information content (AvgIpc) is 3.56. The lowest BCUT2D eigenvalue weighted by Gasteiger charge is -2.09. The third-order valence-corrected chi connectivity index (χ3v) is 5.44. The van der Waals surface area contributed by atoms with E-state index in [1.807, 2.05) is 30.3 Å². The number of anilines is 1. The zero-order chi connectivity index (χ0) is 24.9. The van der Waals surface area contributed by atoms with E-state index in [9.17, 15) is 4.79 Å². The van der Waals surface area contributed by atoms with Crippen molar-refractivity contribution in [3.8, 4) is 40.3 Å². The summed E-state index contributed by atoms with van der Waals surface area (Å²) in [7, 11) is 3.16. The number of rotatable bonds is 9. The van der Waals surface area contributed by atoms with Gasteiger partial charge in [0.1, 0.15) is 12.4 Å². The lowest BCUT2D eigenvalue weighted by atomic mass is 10.1. The number of carbonyl (C=O) groups excluding carboxylic acids is 1. The average molecular weight is 489 g/mol. The van der Waals surface area contributed by atoms with E-state index in [4.69, 9.17) is 23.7 Å². The summed E-state index contributed by atoms with van der Waals surface area (Å²) in [5.41, 5.74) is 2.64. The Morgan fingerprint density at radius 2 is 1.83 bits per heavy atom. The van der Waals surface area contributed by atoms with Crippen LogP contribution in [0.2, 0.25) is 0 Å². The van der Waals surface area contributed by atoms with Crippen molar-refractivity contribution in [3.63, 3.8) is 0 Å². The Kier molecular flexibility index (Phi) is 6.67. The summed E-state index contributed by atoms with van der Waals surface area (Å²) >= 11 is 0. The summed E-state index contributed by atoms with van der Waals surface area (Å²) in [4.78, 5) is 17.2. The number of aromatic nitrogens is 3. The van der Waals surface area contributed by atoms with Crippen molar-refractivity contribution in [2.24, 2.45) is 0 Å². The van der Waals surface area contributed by atoms with Gasteiger partial charge in [0, 0.05) is 23.9 Å². The molecule has 0 aliphatic carbocycles. The van der Waals surface area contributed by atoms with Crippen LogP contribution in [-0.2, 0) is 4.74 Å². The molecular weight excluding hydrogens is 464 g/mol.